The first-order chi connectivity index (χ1) is 17.9. The van der Waals surface area contributed by atoms with Gasteiger partial charge in [0, 0.05) is 22.7 Å². The number of nitriles is 1. The Hall–Kier alpha value is -3.80. The number of benzene rings is 2. The predicted octanol–water partition coefficient (Wildman–Crippen LogP) is 4.59. The van der Waals surface area contributed by atoms with Crippen LogP contribution in [0.25, 0.3) is 11.4 Å². The number of para-hydroxylation sites is 2. The van der Waals surface area contributed by atoms with Crippen molar-refractivity contribution in [3.05, 3.63) is 89.9 Å². The second-order valence-electron chi connectivity index (χ2n) is 7.51. The standard InChI is InChI=1S/C25H21IN6O4S/c1-35-21-9-5-6-10-22(21)36-23-20(14-26)30-24(18-11-12-28-19(13-18)15-27)31-25(23)32-37(33,34)29-16-17-7-3-2-4-8-17/h2-13,29H,14,16H2,1H3,(H,30,31,32). The lowest BCUT2D eigenvalue weighted by Gasteiger charge is -2.18. The number of aromatic nitrogens is 3. The van der Waals surface area contributed by atoms with Crippen LogP contribution in [0.15, 0.2) is 72.9 Å². The van der Waals surface area contributed by atoms with Gasteiger partial charge in [0.15, 0.2) is 28.9 Å². The molecule has 0 unspecified atom stereocenters. The van der Waals surface area contributed by atoms with E-state index in [4.69, 9.17) is 9.47 Å². The van der Waals surface area contributed by atoms with E-state index < -0.39 is 10.2 Å². The molecule has 0 saturated carbocycles. The molecule has 4 rings (SSSR count). The molecule has 2 N–H and O–H groups in total. The highest BCUT2D eigenvalue weighted by Gasteiger charge is 2.23. The molecule has 0 amide bonds. The van der Waals surface area contributed by atoms with Gasteiger partial charge in [-0.15, -0.1) is 0 Å². The lowest BCUT2D eigenvalue weighted by Crippen LogP contribution is -2.30. The monoisotopic (exact) mass is 628 g/mol. The average molecular weight is 628 g/mol. The Labute approximate surface area is 228 Å². The molecule has 10 nitrogen and oxygen atoms in total. The SMILES string of the molecule is COc1ccccc1Oc1c(CI)nc(-c2ccnc(C#N)c2)nc1NS(=O)(=O)NCc1ccccc1. The van der Waals surface area contributed by atoms with Gasteiger partial charge in [-0.25, -0.2) is 15.0 Å². The normalized spacial score (nSPS) is 10.9. The summed E-state index contributed by atoms with van der Waals surface area (Å²) in [5, 5.41) is 9.24. The van der Waals surface area contributed by atoms with E-state index in [0.29, 0.717) is 27.2 Å². The van der Waals surface area contributed by atoms with E-state index in [1.807, 2.05) is 36.4 Å². The summed E-state index contributed by atoms with van der Waals surface area (Å²) in [5.74, 6) is 1.08. The molecule has 0 aliphatic rings. The molecule has 0 fully saturated rings. The fourth-order valence-electron chi connectivity index (χ4n) is 3.27. The number of hydrogen-bond donors (Lipinski definition) is 2. The van der Waals surface area contributed by atoms with Crippen LogP contribution in [-0.4, -0.2) is 30.5 Å². The molecular formula is C25H21IN6O4S. The summed E-state index contributed by atoms with van der Waals surface area (Å²) in [7, 11) is -2.56. The van der Waals surface area contributed by atoms with Gasteiger partial charge in [-0.05, 0) is 29.8 Å². The van der Waals surface area contributed by atoms with Gasteiger partial charge in [0.25, 0.3) is 0 Å². The Bertz CT molecular complexity index is 1540. The van der Waals surface area contributed by atoms with Crippen LogP contribution in [0.3, 0.4) is 0 Å². The third kappa shape index (κ3) is 6.70. The van der Waals surface area contributed by atoms with Gasteiger partial charge in [-0.3, -0.25) is 4.72 Å². The lowest BCUT2D eigenvalue weighted by molar-refractivity contribution is 0.377. The second kappa shape index (κ2) is 12.0. The number of halogens is 1. The summed E-state index contributed by atoms with van der Waals surface area (Å²) >= 11 is 2.11. The third-order valence-electron chi connectivity index (χ3n) is 5.02. The summed E-state index contributed by atoms with van der Waals surface area (Å²) in [6.45, 7) is 0.0752. The fraction of sp³-hybridized carbons (Fsp3) is 0.120. The van der Waals surface area contributed by atoms with E-state index in [9.17, 15) is 13.7 Å². The maximum absolute atomic E-state index is 13.0. The van der Waals surface area contributed by atoms with Crippen molar-refractivity contribution in [1.82, 2.24) is 19.7 Å². The number of pyridine rings is 1. The molecule has 37 heavy (non-hydrogen) atoms. The highest BCUT2D eigenvalue weighted by atomic mass is 127. The number of methoxy groups -OCH3 is 1. The van der Waals surface area contributed by atoms with Gasteiger partial charge in [-0.2, -0.15) is 18.4 Å². The van der Waals surface area contributed by atoms with Crippen LogP contribution in [0.1, 0.15) is 17.0 Å². The van der Waals surface area contributed by atoms with Crippen LogP contribution >= 0.6 is 22.6 Å². The minimum Gasteiger partial charge on any atom is -0.493 e. The van der Waals surface area contributed by atoms with E-state index in [0.717, 1.165) is 5.56 Å². The van der Waals surface area contributed by atoms with E-state index in [1.165, 1.54) is 19.4 Å². The molecule has 4 aromatic rings. The van der Waals surface area contributed by atoms with Crippen LogP contribution in [-0.2, 0) is 21.2 Å². The summed E-state index contributed by atoms with van der Waals surface area (Å²) in [6, 6.07) is 21.2. The van der Waals surface area contributed by atoms with Crippen LogP contribution in [0.4, 0.5) is 5.82 Å². The number of alkyl halides is 1. The Kier molecular flexibility index (Phi) is 8.49. The zero-order chi connectivity index (χ0) is 26.3. The summed E-state index contributed by atoms with van der Waals surface area (Å²) < 4.78 is 42.9. The smallest absolute Gasteiger partial charge is 0.300 e. The molecule has 0 aliphatic heterocycles. The van der Waals surface area contributed by atoms with Crippen molar-refractivity contribution in [2.45, 2.75) is 11.0 Å². The predicted molar refractivity (Wildman–Crippen MR) is 147 cm³/mol. The van der Waals surface area contributed by atoms with Crippen LogP contribution < -0.4 is 18.9 Å². The first kappa shape index (κ1) is 26.3. The molecule has 188 valence electrons. The quantitative estimate of drug-likeness (QED) is 0.192. The maximum atomic E-state index is 13.0. The summed E-state index contributed by atoms with van der Waals surface area (Å²) in [4.78, 5) is 13.0. The number of nitrogens with zero attached hydrogens (tertiary/aromatic N) is 4. The molecular weight excluding hydrogens is 607 g/mol. The Morgan fingerprint density at radius 2 is 1.76 bits per heavy atom. The Morgan fingerprint density at radius 1 is 1.03 bits per heavy atom. The van der Waals surface area contributed by atoms with E-state index in [2.05, 4.69) is 47.0 Å². The molecule has 0 spiro atoms. The fourth-order valence-corrected chi connectivity index (χ4v) is 4.61. The molecule has 0 atom stereocenters. The van der Waals surface area contributed by atoms with Crippen LogP contribution in [0, 0.1) is 11.3 Å². The van der Waals surface area contributed by atoms with Gasteiger partial charge in [0.05, 0.1) is 12.8 Å². The summed E-state index contributed by atoms with van der Waals surface area (Å²) in [5.41, 5.74) is 1.90. The first-order valence-corrected chi connectivity index (χ1v) is 13.9. The minimum atomic E-state index is -4.07. The highest BCUT2D eigenvalue weighted by molar-refractivity contribution is 14.1. The Balaban J connectivity index is 1.77. The van der Waals surface area contributed by atoms with Crippen molar-refractivity contribution in [2.24, 2.45) is 0 Å². The van der Waals surface area contributed by atoms with Crippen molar-refractivity contribution in [3.8, 4) is 34.7 Å². The molecule has 0 saturated heterocycles. The van der Waals surface area contributed by atoms with Crippen LogP contribution in [0.2, 0.25) is 0 Å². The van der Waals surface area contributed by atoms with E-state index in [1.54, 1.807) is 30.3 Å². The molecule has 2 aromatic heterocycles. The highest BCUT2D eigenvalue weighted by Crippen LogP contribution is 2.38. The largest absolute Gasteiger partial charge is 0.493 e. The van der Waals surface area contributed by atoms with Crippen molar-refractivity contribution in [1.29, 1.82) is 5.26 Å². The molecule has 0 radical (unpaired) electrons. The average Bonchev–Trinajstić information content (AvgIpc) is 2.93. The summed E-state index contributed by atoms with van der Waals surface area (Å²) in [6.07, 6.45) is 1.46. The molecule has 12 heteroatoms. The Morgan fingerprint density at radius 3 is 2.46 bits per heavy atom. The topological polar surface area (TPSA) is 139 Å². The van der Waals surface area contributed by atoms with Gasteiger partial charge < -0.3 is 9.47 Å². The zero-order valence-electron chi connectivity index (χ0n) is 19.6. The van der Waals surface area contributed by atoms with Crippen molar-refractivity contribution >= 4 is 38.6 Å². The van der Waals surface area contributed by atoms with Gasteiger partial charge in [0.2, 0.25) is 0 Å². The number of nitrogens with one attached hydrogen (secondary N) is 2. The maximum Gasteiger partial charge on any atom is 0.300 e. The zero-order valence-corrected chi connectivity index (χ0v) is 22.5. The third-order valence-corrected chi connectivity index (χ3v) is 6.73. The number of ether oxygens (including phenoxy) is 2. The number of rotatable bonds is 10. The van der Waals surface area contributed by atoms with Gasteiger partial charge in [-0.1, -0.05) is 65.1 Å². The van der Waals surface area contributed by atoms with Crippen LogP contribution in [0.5, 0.6) is 17.2 Å². The lowest BCUT2D eigenvalue weighted by atomic mass is 10.2. The molecule has 0 bridgehead atoms. The first-order valence-electron chi connectivity index (χ1n) is 10.9. The number of anilines is 1. The number of hydrogen-bond acceptors (Lipinski definition) is 8. The molecule has 0 aliphatic carbocycles. The minimum absolute atomic E-state index is 0.0709. The van der Waals surface area contributed by atoms with Crippen molar-refractivity contribution < 1.29 is 17.9 Å². The van der Waals surface area contributed by atoms with Crippen molar-refractivity contribution in [3.63, 3.8) is 0 Å². The van der Waals surface area contributed by atoms with Crippen molar-refractivity contribution in [2.75, 3.05) is 11.8 Å². The second-order valence-corrected chi connectivity index (χ2v) is 9.77. The molecule has 2 heterocycles. The van der Waals surface area contributed by atoms with E-state index in [-0.39, 0.29) is 29.6 Å². The van der Waals surface area contributed by atoms with E-state index >= 15 is 0 Å². The van der Waals surface area contributed by atoms with Gasteiger partial charge in [0.1, 0.15) is 11.8 Å². The molecule has 2 aromatic carbocycles. The van der Waals surface area contributed by atoms with Gasteiger partial charge >= 0.3 is 10.2 Å².